The molecule has 0 aromatic heterocycles. The predicted molar refractivity (Wildman–Crippen MR) is 339 cm³/mol. The topological polar surface area (TPSA) is 427 Å². The summed E-state index contributed by atoms with van der Waals surface area (Å²) in [7, 11) is -8.15. The molecule has 0 radical (unpaired) electrons. The van der Waals surface area contributed by atoms with Crippen molar-refractivity contribution in [2.24, 2.45) is 10.2 Å². The SMILES string of the molecule is C.C=CCN(CC=C)C(=O)C(F)(F)F.C=CCNCC=C.CC(C)(C)OC(=O)N[C@H]1CNC[C@H]1NC(=O)OC(C)(C)C.CS(=O)(=O)O[C@H]1CN(C(=O)C(F)(F)F)C[C@H]1OS(C)(=O)=O.O=C(N1CC=CC1)C(F)(F)F.O=C(N1C[C@@H](O)[C@@H](O)C1)C(F)(F)F.[N-]=[N+]=N[C@H]1CN(C(=O)C(F)(F)F)C[C@H]1N=[N+]=[N-]. The second-order valence-electron chi connectivity index (χ2n) is 23.3. The molecule has 5 aliphatic heterocycles. The van der Waals surface area contributed by atoms with Crippen LogP contribution in [0.15, 0.2) is 73.0 Å². The Hall–Kier alpha value is -8.18. The van der Waals surface area contributed by atoms with Gasteiger partial charge in [0.1, 0.15) is 23.4 Å². The van der Waals surface area contributed by atoms with Crippen LogP contribution in [0.5, 0.6) is 0 Å². The molecule has 0 aliphatic carbocycles. The number of hydrogen-bond donors (Lipinski definition) is 6. The zero-order valence-electron chi connectivity index (χ0n) is 56.2. The van der Waals surface area contributed by atoms with E-state index in [0.717, 1.165) is 18.0 Å². The van der Waals surface area contributed by atoms with Crippen LogP contribution in [-0.4, -0.2) is 288 Å². The third kappa shape index (κ3) is 41.9. The van der Waals surface area contributed by atoms with E-state index in [1.54, 1.807) is 41.5 Å². The first-order valence-corrected chi connectivity index (χ1v) is 32.9. The molecule has 7 amide bonds. The van der Waals surface area contributed by atoms with Crippen molar-refractivity contribution in [3.8, 4) is 0 Å². The molecule has 0 aromatic rings. The Morgan fingerprint density at radius 1 is 0.538 bits per heavy atom. The van der Waals surface area contributed by atoms with Crippen LogP contribution in [0, 0.1) is 0 Å². The number of carbonyl (C=O) groups excluding carboxylic acids is 7. The Morgan fingerprint density at radius 2 is 0.837 bits per heavy atom. The smallest absolute Gasteiger partial charge is 0.444 e. The Morgan fingerprint density at radius 3 is 1.10 bits per heavy atom. The second kappa shape index (κ2) is 43.9. The van der Waals surface area contributed by atoms with Crippen LogP contribution < -0.4 is 21.3 Å². The van der Waals surface area contributed by atoms with E-state index in [0.29, 0.717) is 40.3 Å². The second-order valence-corrected chi connectivity index (χ2v) is 26.5. The zero-order valence-corrected chi connectivity index (χ0v) is 57.9. The largest absolute Gasteiger partial charge is 0.471 e. The van der Waals surface area contributed by atoms with Crippen molar-refractivity contribution >= 4 is 62.0 Å². The van der Waals surface area contributed by atoms with Crippen molar-refractivity contribution < 1.29 is 144 Å². The van der Waals surface area contributed by atoms with Crippen LogP contribution in [0.3, 0.4) is 0 Å². The number of hydrogen-bond acceptors (Lipinski definition) is 21. The first-order valence-electron chi connectivity index (χ1n) is 29.2. The number of likely N-dealkylation sites (tertiary alicyclic amines) is 3. The van der Waals surface area contributed by atoms with E-state index in [-0.39, 0.29) is 50.6 Å². The van der Waals surface area contributed by atoms with Gasteiger partial charge in [0.05, 0.1) is 62.0 Å². The average Bonchev–Trinajstić information content (AvgIpc) is 1.64. The Bertz CT molecular complexity index is 3070. The molecule has 104 heavy (non-hydrogen) atoms. The third-order valence-electron chi connectivity index (χ3n) is 12.1. The predicted octanol–water partition coefficient (Wildman–Crippen LogP) is 5.60. The lowest BCUT2D eigenvalue weighted by molar-refractivity contribution is -0.184. The maximum absolute atomic E-state index is 12.3. The monoisotopic (exact) mass is 1580 g/mol. The number of azide groups is 2. The van der Waals surface area contributed by atoms with Crippen LogP contribution in [0.2, 0.25) is 0 Å². The van der Waals surface area contributed by atoms with E-state index in [4.69, 9.17) is 30.7 Å². The molecule has 4 saturated heterocycles. The lowest BCUT2D eigenvalue weighted by Gasteiger charge is -2.26. The summed E-state index contributed by atoms with van der Waals surface area (Å²) < 4.78 is 243. The van der Waals surface area contributed by atoms with Crippen LogP contribution in [0.25, 0.3) is 20.9 Å². The van der Waals surface area contributed by atoms with E-state index in [9.17, 15) is 116 Å². The van der Waals surface area contributed by atoms with E-state index < -0.39 is 180 Å². The third-order valence-corrected chi connectivity index (χ3v) is 13.3. The van der Waals surface area contributed by atoms with Crippen LogP contribution in [0.1, 0.15) is 49.0 Å². The fourth-order valence-electron chi connectivity index (χ4n) is 8.05. The van der Waals surface area contributed by atoms with Gasteiger partial charge in [0.25, 0.3) is 20.2 Å². The van der Waals surface area contributed by atoms with Crippen LogP contribution in [0.4, 0.5) is 75.4 Å². The number of rotatable bonds is 16. The first-order chi connectivity index (χ1) is 46.7. The van der Waals surface area contributed by atoms with E-state index >= 15 is 0 Å². The zero-order chi connectivity index (χ0) is 80.7. The number of nitrogens with one attached hydrogen (secondary N) is 4. The number of halogens is 15. The molecule has 32 nitrogen and oxygen atoms in total. The van der Waals surface area contributed by atoms with Crippen molar-refractivity contribution in [2.45, 2.75) is 140 Å². The van der Waals surface area contributed by atoms with Gasteiger partial charge in [0.2, 0.25) is 0 Å². The lowest BCUT2D eigenvalue weighted by atomic mass is 10.1. The Labute approximate surface area is 588 Å². The number of nitrogens with zero attached hydrogens (tertiary/aromatic N) is 11. The van der Waals surface area contributed by atoms with Crippen molar-refractivity contribution in [2.75, 3.05) is 104 Å². The Balaban J connectivity index is -0.00000117. The van der Waals surface area contributed by atoms with Crippen molar-refractivity contribution in [3.63, 3.8) is 0 Å². The standard InChI is InChI=1S/C14H27N3O4.C8H12F3NO7S2.C8H10F3NO.C6H6F3N7O.C6H8F3NO3.C6H6F3NO.C6H11N.CH4/c1-13(2,3)20-11(18)16-9-7-15-8-10(9)17-12(19)21-14(4,5)6;1-20(14,15)18-5-3-12(7(13)8(9,10)11)4-6(5)19-21(2,16)17;1-3-5-12(6-4-2)7(13)8(9,10)11;7-6(8,9)5(17)16-1-3(12-14-10)4(2-16)13-15-11;7-6(8,9)5(13)10-1-3(11)4(12)2-10;7-6(8,9)5(11)10-3-1-2-4-10;1-3-5-7-6-4-2;/h9-10,15H,7-8H2,1-6H3,(H,16,18)(H,17,19);5-6H,3-4H2,1-2H3;3-4H,1-2,5-6H2;3-4H,1-2H2;3-4,11-12H,1-2H2;1-2H,3-4H2;3-4,7H,1-2,5-6H2;1H4/t9-,10+;5-,6+;;2*3-,4+;;;. The molecule has 8 atom stereocenters. The summed E-state index contributed by atoms with van der Waals surface area (Å²) in [6.45, 7) is 23.8. The fourth-order valence-corrected chi connectivity index (χ4v) is 9.32. The molecule has 0 aromatic carbocycles. The molecule has 5 heterocycles. The summed E-state index contributed by atoms with van der Waals surface area (Å²) in [6.07, 6.45) is -20.9. The quantitative estimate of drug-likeness (QED) is 0.0208. The van der Waals surface area contributed by atoms with Crippen molar-refractivity contribution in [1.29, 1.82) is 0 Å². The van der Waals surface area contributed by atoms with Crippen LogP contribution >= 0.6 is 0 Å². The molecule has 5 rings (SSSR count). The normalized spacial score (nSPS) is 20.8. The van der Waals surface area contributed by atoms with Crippen molar-refractivity contribution in [1.82, 2.24) is 45.8 Å². The number of alkyl halides is 15. The van der Waals surface area contributed by atoms with E-state index in [2.05, 4.69) is 76.0 Å². The summed E-state index contributed by atoms with van der Waals surface area (Å²) in [5.41, 5.74) is 15.3. The van der Waals surface area contributed by atoms with Gasteiger partial charge >= 0.3 is 72.6 Å². The maximum atomic E-state index is 12.3. The highest BCUT2D eigenvalue weighted by Crippen LogP contribution is 2.28. The highest BCUT2D eigenvalue weighted by molar-refractivity contribution is 7.86. The molecule has 49 heteroatoms. The summed E-state index contributed by atoms with van der Waals surface area (Å²) in [5.74, 6) is -9.92. The van der Waals surface area contributed by atoms with E-state index in [1.165, 1.54) is 24.3 Å². The minimum atomic E-state index is -5.17. The minimum absolute atomic E-state index is 0. The average molecular weight is 1580 g/mol. The minimum Gasteiger partial charge on any atom is -0.444 e. The van der Waals surface area contributed by atoms with Gasteiger partial charge in [-0.25, -0.2) is 9.59 Å². The molecule has 5 aliphatic rings. The molecule has 4 fully saturated rings. The number of aliphatic hydroxyl groups excluding tert-OH is 2. The maximum Gasteiger partial charge on any atom is 0.471 e. The molecular weight excluding hydrogens is 1490 g/mol. The number of carbonyl (C=O) groups is 7. The highest BCUT2D eigenvalue weighted by atomic mass is 32.2. The van der Waals surface area contributed by atoms with Gasteiger partial charge in [-0.15, -0.1) is 26.3 Å². The summed E-state index contributed by atoms with van der Waals surface area (Å²) in [4.78, 5) is 84.4. The van der Waals surface area contributed by atoms with Gasteiger partial charge in [0, 0.05) is 88.4 Å². The van der Waals surface area contributed by atoms with Gasteiger partial charge < -0.3 is 65.5 Å². The summed E-state index contributed by atoms with van der Waals surface area (Å²) in [5, 5.41) is 35.8. The van der Waals surface area contributed by atoms with E-state index in [1.807, 2.05) is 12.2 Å². The summed E-state index contributed by atoms with van der Waals surface area (Å²) >= 11 is 0. The molecular formula is C55H84F15N15O17S2. The van der Waals surface area contributed by atoms with Gasteiger partial charge in [-0.2, -0.15) is 82.7 Å². The highest BCUT2D eigenvalue weighted by Gasteiger charge is 2.51. The van der Waals surface area contributed by atoms with Gasteiger partial charge in [-0.1, -0.05) is 54.1 Å². The molecule has 0 saturated carbocycles. The molecule has 0 spiro atoms. The Kier molecular flexibility index (Phi) is 42.2. The van der Waals surface area contributed by atoms with Gasteiger partial charge in [-0.3, -0.25) is 32.3 Å². The number of β-amino-alcohol motifs (C(OH)–C–C–N with tert-alkyl or cyclic N) is 2. The fraction of sp³-hybridized carbons (Fsp3) is 0.691. The van der Waals surface area contributed by atoms with Crippen molar-refractivity contribution in [3.05, 3.63) is 83.7 Å². The molecule has 598 valence electrons. The summed E-state index contributed by atoms with van der Waals surface area (Å²) in [6, 6.07) is -2.40. The number of ether oxygens (including phenoxy) is 2. The first kappa shape index (κ1) is 100.0. The number of alkyl carbamates (subject to hydrolysis) is 2. The number of amides is 7. The number of aliphatic hydroxyl groups is 2. The lowest BCUT2D eigenvalue weighted by Crippen LogP contribution is -2.52. The van der Waals surface area contributed by atoms with Crippen LogP contribution in [-0.2, 0) is 62.0 Å². The molecule has 0 unspecified atom stereocenters. The molecule has 6 N–H and O–H groups in total. The van der Waals surface area contributed by atoms with Gasteiger partial charge in [-0.05, 0) is 52.6 Å². The molecule has 0 bridgehead atoms. The van der Waals surface area contributed by atoms with Gasteiger partial charge in [0.15, 0.2) is 0 Å².